The molecule has 1 fully saturated rings. The van der Waals surface area contributed by atoms with Crippen LogP contribution in [0.25, 0.3) is 0 Å². The number of aliphatic carboxylic acids is 1. The first-order chi connectivity index (χ1) is 7.30. The highest BCUT2D eigenvalue weighted by Crippen LogP contribution is 2.19. The number of nitrogens with one attached hydrogen (secondary N) is 2. The third-order valence-electron chi connectivity index (χ3n) is 2.20. The second-order valence-electron chi connectivity index (χ2n) is 4.53. The van der Waals surface area contributed by atoms with E-state index in [-0.39, 0.29) is 18.4 Å². The Morgan fingerprint density at radius 1 is 1.44 bits per heavy atom. The Labute approximate surface area is 95.6 Å². The molecule has 94 valence electrons. The summed E-state index contributed by atoms with van der Waals surface area (Å²) in [5.74, 6) is -1.03. The van der Waals surface area contributed by atoms with Crippen LogP contribution in [0, 0.1) is 5.92 Å². The van der Waals surface area contributed by atoms with Crippen molar-refractivity contribution in [1.29, 1.82) is 0 Å². The standard InChI is InChI=1S/C9H18N2O4S/c1-6(2)5-8(9(12)13)11-16(14,15)10-7-3-4-7/h6-8,10-11H,3-5H2,1-2H3,(H,12,13)/t8-/m0/s1. The highest BCUT2D eigenvalue weighted by atomic mass is 32.2. The van der Waals surface area contributed by atoms with Crippen LogP contribution < -0.4 is 9.44 Å². The van der Waals surface area contributed by atoms with Gasteiger partial charge in [0.05, 0.1) is 0 Å². The lowest BCUT2D eigenvalue weighted by Gasteiger charge is -2.16. The normalized spacial score (nSPS) is 18.7. The maximum Gasteiger partial charge on any atom is 0.321 e. The molecule has 16 heavy (non-hydrogen) atoms. The van der Waals surface area contributed by atoms with Crippen LogP contribution in [0.1, 0.15) is 33.1 Å². The Morgan fingerprint density at radius 2 is 2.00 bits per heavy atom. The Kier molecular flexibility index (Phi) is 4.28. The monoisotopic (exact) mass is 250 g/mol. The number of carbonyl (C=O) groups is 1. The first-order valence-electron chi connectivity index (χ1n) is 5.32. The van der Waals surface area contributed by atoms with Crippen LogP contribution in [0.4, 0.5) is 0 Å². The zero-order valence-electron chi connectivity index (χ0n) is 9.43. The Hall–Kier alpha value is -0.660. The summed E-state index contributed by atoms with van der Waals surface area (Å²) in [7, 11) is -3.69. The van der Waals surface area contributed by atoms with E-state index in [9.17, 15) is 13.2 Å². The van der Waals surface area contributed by atoms with Crippen LogP contribution in [0.5, 0.6) is 0 Å². The van der Waals surface area contributed by atoms with E-state index in [1.807, 2.05) is 13.8 Å². The lowest BCUT2D eigenvalue weighted by Crippen LogP contribution is -2.47. The molecule has 0 radical (unpaired) electrons. The molecule has 1 atom stereocenters. The molecule has 0 saturated heterocycles. The Balaban J connectivity index is 2.55. The number of hydrogen-bond donors (Lipinski definition) is 3. The number of carboxylic acid groups (broad SMARTS) is 1. The van der Waals surface area contributed by atoms with Crippen molar-refractivity contribution in [2.24, 2.45) is 5.92 Å². The summed E-state index contributed by atoms with van der Waals surface area (Å²) < 4.78 is 27.5. The quantitative estimate of drug-likeness (QED) is 0.596. The van der Waals surface area contributed by atoms with Crippen molar-refractivity contribution in [1.82, 2.24) is 9.44 Å². The van der Waals surface area contributed by atoms with Gasteiger partial charge in [0.25, 0.3) is 10.2 Å². The Bertz CT molecular complexity index is 349. The van der Waals surface area contributed by atoms with Gasteiger partial charge in [0.2, 0.25) is 0 Å². The third kappa shape index (κ3) is 4.91. The van der Waals surface area contributed by atoms with E-state index in [0.717, 1.165) is 12.8 Å². The van der Waals surface area contributed by atoms with Gasteiger partial charge < -0.3 is 5.11 Å². The van der Waals surface area contributed by atoms with Crippen LogP contribution in [-0.2, 0) is 15.0 Å². The molecule has 0 aromatic rings. The van der Waals surface area contributed by atoms with Crippen LogP contribution in [-0.4, -0.2) is 31.6 Å². The fourth-order valence-electron chi connectivity index (χ4n) is 1.31. The number of rotatable bonds is 7. The molecule has 0 unspecified atom stereocenters. The second-order valence-corrected chi connectivity index (χ2v) is 6.01. The summed E-state index contributed by atoms with van der Waals surface area (Å²) in [6.45, 7) is 3.69. The van der Waals surface area contributed by atoms with Crippen molar-refractivity contribution in [3.8, 4) is 0 Å². The molecule has 7 heteroatoms. The summed E-state index contributed by atoms with van der Waals surface area (Å²) >= 11 is 0. The SMILES string of the molecule is CC(C)C[C@H](NS(=O)(=O)NC1CC1)C(=O)O. The molecule has 3 N–H and O–H groups in total. The van der Waals surface area contributed by atoms with Gasteiger partial charge >= 0.3 is 5.97 Å². The van der Waals surface area contributed by atoms with Gasteiger partial charge in [-0.15, -0.1) is 0 Å². The maximum atomic E-state index is 11.5. The largest absolute Gasteiger partial charge is 0.480 e. The maximum absolute atomic E-state index is 11.5. The molecular weight excluding hydrogens is 232 g/mol. The van der Waals surface area contributed by atoms with Gasteiger partial charge in [-0.2, -0.15) is 17.9 Å². The predicted molar refractivity (Wildman–Crippen MR) is 59.1 cm³/mol. The van der Waals surface area contributed by atoms with E-state index in [2.05, 4.69) is 9.44 Å². The molecule has 6 nitrogen and oxygen atoms in total. The van der Waals surface area contributed by atoms with Crippen molar-refractivity contribution < 1.29 is 18.3 Å². The Morgan fingerprint density at radius 3 is 2.38 bits per heavy atom. The zero-order valence-corrected chi connectivity index (χ0v) is 10.3. The van der Waals surface area contributed by atoms with E-state index in [1.165, 1.54) is 0 Å². The highest BCUT2D eigenvalue weighted by molar-refractivity contribution is 7.87. The lowest BCUT2D eigenvalue weighted by molar-refractivity contribution is -0.139. The molecule has 1 saturated carbocycles. The fraction of sp³-hybridized carbons (Fsp3) is 0.889. The summed E-state index contributed by atoms with van der Waals surface area (Å²) in [6.07, 6.45) is 1.92. The predicted octanol–water partition coefficient (Wildman–Crippen LogP) is 0.0721. The molecule has 1 aliphatic carbocycles. The van der Waals surface area contributed by atoms with Crippen LogP contribution >= 0.6 is 0 Å². The zero-order chi connectivity index (χ0) is 12.3. The first-order valence-corrected chi connectivity index (χ1v) is 6.81. The van der Waals surface area contributed by atoms with E-state index in [0.29, 0.717) is 0 Å². The number of carboxylic acids is 1. The first kappa shape index (κ1) is 13.4. The van der Waals surface area contributed by atoms with Gasteiger partial charge in [0.1, 0.15) is 6.04 Å². The minimum absolute atomic E-state index is 0.0222. The van der Waals surface area contributed by atoms with Gasteiger partial charge in [-0.3, -0.25) is 4.79 Å². The van der Waals surface area contributed by atoms with Gasteiger partial charge in [-0.25, -0.2) is 0 Å². The molecule has 0 bridgehead atoms. The van der Waals surface area contributed by atoms with Crippen LogP contribution in [0.15, 0.2) is 0 Å². The van der Waals surface area contributed by atoms with Gasteiger partial charge in [0.15, 0.2) is 0 Å². The highest BCUT2D eigenvalue weighted by Gasteiger charge is 2.30. The van der Waals surface area contributed by atoms with Crippen LogP contribution in [0.3, 0.4) is 0 Å². The van der Waals surface area contributed by atoms with E-state index >= 15 is 0 Å². The molecule has 1 aliphatic rings. The van der Waals surface area contributed by atoms with Gasteiger partial charge in [0, 0.05) is 6.04 Å². The van der Waals surface area contributed by atoms with Crippen molar-refractivity contribution in [3.63, 3.8) is 0 Å². The minimum Gasteiger partial charge on any atom is -0.480 e. The molecule has 0 heterocycles. The summed E-state index contributed by atoms with van der Waals surface area (Å²) in [4.78, 5) is 10.9. The molecule has 0 spiro atoms. The van der Waals surface area contributed by atoms with E-state index in [1.54, 1.807) is 0 Å². The molecule has 1 rings (SSSR count). The second kappa shape index (κ2) is 5.11. The summed E-state index contributed by atoms with van der Waals surface area (Å²) in [5.41, 5.74) is 0. The van der Waals surface area contributed by atoms with Gasteiger partial charge in [-0.1, -0.05) is 13.8 Å². The average molecular weight is 250 g/mol. The van der Waals surface area contributed by atoms with Crippen molar-refractivity contribution >= 4 is 16.2 Å². The topological polar surface area (TPSA) is 95.5 Å². The van der Waals surface area contributed by atoms with E-state index < -0.39 is 22.2 Å². The summed E-state index contributed by atoms with van der Waals surface area (Å²) in [5, 5.41) is 8.88. The summed E-state index contributed by atoms with van der Waals surface area (Å²) in [6, 6.07) is -1.08. The average Bonchev–Trinajstić information content (AvgIpc) is 2.84. The molecule has 0 aromatic carbocycles. The van der Waals surface area contributed by atoms with E-state index in [4.69, 9.17) is 5.11 Å². The molecule has 0 amide bonds. The third-order valence-corrected chi connectivity index (χ3v) is 3.44. The minimum atomic E-state index is -3.69. The lowest BCUT2D eigenvalue weighted by atomic mass is 10.1. The van der Waals surface area contributed by atoms with Crippen molar-refractivity contribution in [3.05, 3.63) is 0 Å². The van der Waals surface area contributed by atoms with Crippen LogP contribution in [0.2, 0.25) is 0 Å². The van der Waals surface area contributed by atoms with Crippen molar-refractivity contribution in [2.45, 2.75) is 45.2 Å². The number of hydrogen-bond acceptors (Lipinski definition) is 3. The molecule has 0 aliphatic heterocycles. The molecule has 0 aromatic heterocycles. The van der Waals surface area contributed by atoms with Crippen molar-refractivity contribution in [2.75, 3.05) is 0 Å². The smallest absolute Gasteiger partial charge is 0.321 e. The molecular formula is C9H18N2O4S. The fourth-order valence-corrected chi connectivity index (χ4v) is 2.63. The van der Waals surface area contributed by atoms with Gasteiger partial charge in [-0.05, 0) is 25.2 Å².